The normalized spacial score (nSPS) is 13.9. The van der Waals surface area contributed by atoms with E-state index in [2.05, 4.69) is 0 Å². The molecule has 102 valence electrons. The molecule has 0 amide bonds. The fraction of sp³-hybridized carbons (Fsp3) is 0.200. The van der Waals surface area contributed by atoms with Crippen LogP contribution in [0, 0.1) is 10.1 Å². The Balaban J connectivity index is 2.45. The number of non-ortho nitro benzene ring substituents is 1. The number of hydrogen-bond acceptors (Lipinski definition) is 4. The molecule has 0 saturated carbocycles. The number of hydrogen-bond donors (Lipinski definition) is 2. The molecule has 3 rings (SSSR count). The maximum absolute atomic E-state index is 11.1. The van der Waals surface area contributed by atoms with E-state index in [4.69, 9.17) is 0 Å². The summed E-state index contributed by atoms with van der Waals surface area (Å²) in [5.41, 5.74) is 2.13. The van der Waals surface area contributed by atoms with Gasteiger partial charge in [-0.05, 0) is 19.8 Å². The van der Waals surface area contributed by atoms with Crippen molar-refractivity contribution in [2.24, 2.45) is 0 Å². The Kier molecular flexibility index (Phi) is 2.64. The number of nitro benzene ring substituents is 1. The van der Waals surface area contributed by atoms with Gasteiger partial charge in [0.25, 0.3) is 5.69 Å². The average molecular weight is 271 g/mol. The van der Waals surface area contributed by atoms with Crippen LogP contribution in [-0.4, -0.2) is 15.1 Å². The van der Waals surface area contributed by atoms with Gasteiger partial charge >= 0.3 is 0 Å². The van der Waals surface area contributed by atoms with Gasteiger partial charge in [-0.3, -0.25) is 10.1 Å². The summed E-state index contributed by atoms with van der Waals surface area (Å²) in [7, 11) is 0. The number of phenolic OH excluding ortho intramolecular Hbond substituents is 2. The van der Waals surface area contributed by atoms with Crippen LogP contribution in [0.3, 0.4) is 0 Å². The maximum Gasteiger partial charge on any atom is 0.281 e. The molecule has 0 unspecified atom stereocenters. The van der Waals surface area contributed by atoms with E-state index in [0.717, 1.165) is 5.57 Å². The molecule has 5 heteroatoms. The Labute approximate surface area is 114 Å². The van der Waals surface area contributed by atoms with Gasteiger partial charge in [0.2, 0.25) is 0 Å². The molecule has 0 saturated heterocycles. The molecular weight excluding hydrogens is 258 g/mol. The second kappa shape index (κ2) is 4.23. The highest BCUT2D eigenvalue weighted by Crippen LogP contribution is 2.45. The number of nitro groups is 1. The molecule has 0 spiro atoms. The summed E-state index contributed by atoms with van der Waals surface area (Å²) in [6, 6.07) is 4.43. The van der Waals surface area contributed by atoms with Gasteiger partial charge in [0, 0.05) is 22.6 Å². The lowest BCUT2D eigenvalue weighted by Gasteiger charge is -2.19. The fourth-order valence-electron chi connectivity index (χ4n) is 2.78. The lowest BCUT2D eigenvalue weighted by molar-refractivity contribution is -0.383. The van der Waals surface area contributed by atoms with Crippen molar-refractivity contribution < 1.29 is 15.1 Å². The largest absolute Gasteiger partial charge is 0.507 e. The number of nitrogens with zero attached hydrogens (tertiary/aromatic N) is 1. The first-order valence-corrected chi connectivity index (χ1v) is 6.29. The predicted octanol–water partition coefficient (Wildman–Crippen LogP) is 3.20. The highest BCUT2D eigenvalue weighted by atomic mass is 16.6. The number of rotatable bonds is 1. The highest BCUT2D eigenvalue weighted by Gasteiger charge is 2.25. The topological polar surface area (TPSA) is 83.6 Å². The van der Waals surface area contributed by atoms with Gasteiger partial charge in [0.05, 0.1) is 4.92 Å². The first-order valence-electron chi connectivity index (χ1n) is 6.29. The van der Waals surface area contributed by atoms with E-state index in [-0.39, 0.29) is 22.6 Å². The second-order valence-corrected chi connectivity index (χ2v) is 5.04. The minimum Gasteiger partial charge on any atom is -0.507 e. The fourth-order valence-corrected chi connectivity index (χ4v) is 2.78. The van der Waals surface area contributed by atoms with Crippen molar-refractivity contribution in [3.05, 3.63) is 51.1 Å². The number of aromatic hydroxyl groups is 2. The third-order valence-corrected chi connectivity index (χ3v) is 3.78. The first-order chi connectivity index (χ1) is 9.50. The van der Waals surface area contributed by atoms with E-state index in [9.17, 15) is 20.3 Å². The smallest absolute Gasteiger partial charge is 0.281 e. The van der Waals surface area contributed by atoms with E-state index in [1.54, 1.807) is 6.07 Å². The standard InChI is InChI=1S/C15H13NO4/c1-8-5-6-9-11(7-8)15(18)13-10(14(9)17)3-2-4-12(13)16(19)20/h2-5,17-18H,6-7H2,1H3. The summed E-state index contributed by atoms with van der Waals surface area (Å²) in [5, 5.41) is 32.3. The summed E-state index contributed by atoms with van der Waals surface area (Å²) in [6.07, 6.45) is 3.01. The molecule has 0 heterocycles. The molecule has 1 aliphatic carbocycles. The molecule has 2 aromatic rings. The van der Waals surface area contributed by atoms with Crippen LogP contribution in [0.5, 0.6) is 11.5 Å². The summed E-state index contributed by atoms with van der Waals surface area (Å²) in [6.45, 7) is 1.93. The minimum atomic E-state index is -0.542. The molecule has 0 fully saturated rings. The zero-order chi connectivity index (χ0) is 14.4. The van der Waals surface area contributed by atoms with E-state index >= 15 is 0 Å². The molecule has 1 aliphatic rings. The van der Waals surface area contributed by atoms with Crippen LogP contribution < -0.4 is 0 Å². The lowest BCUT2D eigenvalue weighted by Crippen LogP contribution is -2.03. The quantitative estimate of drug-likeness (QED) is 0.361. The molecule has 20 heavy (non-hydrogen) atoms. The number of benzene rings is 2. The van der Waals surface area contributed by atoms with Gasteiger partial charge in [-0.15, -0.1) is 0 Å². The van der Waals surface area contributed by atoms with Crippen molar-refractivity contribution in [3.8, 4) is 11.5 Å². The zero-order valence-electron chi connectivity index (χ0n) is 10.9. The molecule has 0 radical (unpaired) electrons. The van der Waals surface area contributed by atoms with Gasteiger partial charge in [-0.1, -0.05) is 23.8 Å². The third kappa shape index (κ3) is 1.63. The molecule has 0 aliphatic heterocycles. The van der Waals surface area contributed by atoms with Crippen LogP contribution in [0.4, 0.5) is 5.69 Å². The van der Waals surface area contributed by atoms with Crippen molar-refractivity contribution in [1.82, 2.24) is 0 Å². The van der Waals surface area contributed by atoms with Crippen molar-refractivity contribution in [3.63, 3.8) is 0 Å². The number of allylic oxidation sites excluding steroid dienone is 2. The van der Waals surface area contributed by atoms with Crippen LogP contribution in [0.15, 0.2) is 29.8 Å². The van der Waals surface area contributed by atoms with E-state index in [1.165, 1.54) is 12.1 Å². The van der Waals surface area contributed by atoms with Gasteiger partial charge in [0.1, 0.15) is 16.9 Å². The van der Waals surface area contributed by atoms with Crippen molar-refractivity contribution in [2.75, 3.05) is 0 Å². The van der Waals surface area contributed by atoms with Crippen molar-refractivity contribution in [1.29, 1.82) is 0 Å². The Morgan fingerprint density at radius 1 is 1.20 bits per heavy atom. The SMILES string of the molecule is CC1=CCc2c(c(O)c3c([N+](=O)[O-])cccc3c2O)C1. The number of fused-ring (bicyclic) bond motifs is 2. The van der Waals surface area contributed by atoms with Gasteiger partial charge in [-0.25, -0.2) is 0 Å². The van der Waals surface area contributed by atoms with Gasteiger partial charge in [0.15, 0.2) is 0 Å². The molecule has 0 atom stereocenters. The predicted molar refractivity (Wildman–Crippen MR) is 75.1 cm³/mol. The highest BCUT2D eigenvalue weighted by molar-refractivity contribution is 6.01. The molecule has 0 bridgehead atoms. The van der Waals surface area contributed by atoms with Crippen LogP contribution in [0.1, 0.15) is 18.1 Å². The minimum absolute atomic E-state index is 0.0280. The molecule has 5 nitrogen and oxygen atoms in total. The monoisotopic (exact) mass is 271 g/mol. The molecule has 2 N–H and O–H groups in total. The summed E-state index contributed by atoms with van der Waals surface area (Å²) in [5.74, 6) is -0.0622. The Hall–Kier alpha value is -2.56. The van der Waals surface area contributed by atoms with Crippen molar-refractivity contribution >= 4 is 16.5 Å². The molecular formula is C15H13NO4. The lowest BCUT2D eigenvalue weighted by atomic mass is 9.87. The summed E-state index contributed by atoms with van der Waals surface area (Å²) >= 11 is 0. The Bertz CT molecular complexity index is 777. The first kappa shape index (κ1) is 12.5. The van der Waals surface area contributed by atoms with E-state index < -0.39 is 4.92 Å². The van der Waals surface area contributed by atoms with Crippen molar-refractivity contribution in [2.45, 2.75) is 19.8 Å². The second-order valence-electron chi connectivity index (χ2n) is 5.04. The van der Waals surface area contributed by atoms with Crippen LogP contribution >= 0.6 is 0 Å². The number of phenols is 2. The van der Waals surface area contributed by atoms with Crippen LogP contribution in [0.25, 0.3) is 10.8 Å². The van der Waals surface area contributed by atoms with E-state index in [1.807, 2.05) is 13.0 Å². The molecule has 2 aromatic carbocycles. The summed E-state index contributed by atoms with van der Waals surface area (Å²) < 4.78 is 0. The van der Waals surface area contributed by atoms with Crippen LogP contribution in [0.2, 0.25) is 0 Å². The third-order valence-electron chi connectivity index (χ3n) is 3.78. The van der Waals surface area contributed by atoms with Gasteiger partial charge < -0.3 is 10.2 Å². The Morgan fingerprint density at radius 2 is 1.95 bits per heavy atom. The zero-order valence-corrected chi connectivity index (χ0v) is 10.9. The van der Waals surface area contributed by atoms with Crippen LogP contribution in [-0.2, 0) is 12.8 Å². The average Bonchev–Trinajstić information content (AvgIpc) is 2.43. The Morgan fingerprint density at radius 3 is 2.65 bits per heavy atom. The molecule has 0 aromatic heterocycles. The maximum atomic E-state index is 11.1. The van der Waals surface area contributed by atoms with E-state index in [0.29, 0.717) is 29.4 Å². The van der Waals surface area contributed by atoms with Gasteiger partial charge in [-0.2, -0.15) is 0 Å². The summed E-state index contributed by atoms with van der Waals surface area (Å²) in [4.78, 5) is 10.6.